The first-order valence-electron chi connectivity index (χ1n) is 6.34. The minimum Gasteiger partial charge on any atom is -0.478 e. The molecule has 0 atom stereocenters. The van der Waals surface area contributed by atoms with Crippen LogP contribution in [0.15, 0.2) is 42.7 Å². The summed E-state index contributed by atoms with van der Waals surface area (Å²) in [6.07, 6.45) is 4.07. The van der Waals surface area contributed by atoms with Crippen molar-refractivity contribution < 1.29 is 9.90 Å². The molecule has 2 aromatic rings. The van der Waals surface area contributed by atoms with Crippen molar-refractivity contribution in [1.82, 2.24) is 4.98 Å². The van der Waals surface area contributed by atoms with Crippen molar-refractivity contribution in [1.29, 1.82) is 0 Å². The summed E-state index contributed by atoms with van der Waals surface area (Å²) in [5.74, 6) is -0.355. The lowest BCUT2D eigenvalue weighted by Crippen LogP contribution is -1.98. The van der Waals surface area contributed by atoms with Gasteiger partial charge in [-0.05, 0) is 29.5 Å². The van der Waals surface area contributed by atoms with Crippen LogP contribution in [0.1, 0.15) is 29.8 Å². The fraction of sp³-hybridized carbons (Fsp3) is 0.250. The molecule has 19 heavy (non-hydrogen) atoms. The van der Waals surface area contributed by atoms with Gasteiger partial charge in [0.05, 0.1) is 5.56 Å². The first-order valence-corrected chi connectivity index (χ1v) is 6.34. The van der Waals surface area contributed by atoms with Crippen LogP contribution < -0.4 is 0 Å². The van der Waals surface area contributed by atoms with Gasteiger partial charge in [0.25, 0.3) is 0 Å². The van der Waals surface area contributed by atoms with Crippen molar-refractivity contribution in [2.75, 3.05) is 0 Å². The van der Waals surface area contributed by atoms with E-state index in [-0.39, 0.29) is 5.56 Å². The Morgan fingerprint density at radius 3 is 2.68 bits per heavy atom. The molecule has 0 aliphatic rings. The summed E-state index contributed by atoms with van der Waals surface area (Å²) >= 11 is 0. The van der Waals surface area contributed by atoms with Gasteiger partial charge in [-0.1, -0.05) is 38.1 Å². The van der Waals surface area contributed by atoms with Gasteiger partial charge in [-0.15, -0.1) is 0 Å². The SMILES string of the molecule is CC(C)Cc1cccc(-c2cncc(C(=O)O)c2)c1. The molecule has 1 aromatic carbocycles. The largest absolute Gasteiger partial charge is 0.478 e. The molecule has 1 heterocycles. The third-order valence-electron chi connectivity index (χ3n) is 2.89. The average molecular weight is 255 g/mol. The van der Waals surface area contributed by atoms with Gasteiger partial charge in [0, 0.05) is 18.0 Å². The molecule has 3 nitrogen and oxygen atoms in total. The summed E-state index contributed by atoms with van der Waals surface area (Å²) in [6.45, 7) is 4.36. The van der Waals surface area contributed by atoms with E-state index in [1.165, 1.54) is 11.8 Å². The Morgan fingerprint density at radius 1 is 1.21 bits per heavy atom. The lowest BCUT2D eigenvalue weighted by atomic mass is 9.98. The van der Waals surface area contributed by atoms with Crippen molar-refractivity contribution >= 4 is 5.97 Å². The summed E-state index contributed by atoms with van der Waals surface area (Å²) in [6, 6.07) is 9.83. The minimum atomic E-state index is -0.951. The summed E-state index contributed by atoms with van der Waals surface area (Å²) in [7, 11) is 0. The van der Waals surface area contributed by atoms with Crippen LogP contribution in [-0.2, 0) is 6.42 Å². The molecule has 0 aliphatic carbocycles. The van der Waals surface area contributed by atoms with Crippen LogP contribution in [0.3, 0.4) is 0 Å². The molecule has 0 spiro atoms. The van der Waals surface area contributed by atoms with E-state index in [0.29, 0.717) is 5.92 Å². The molecule has 1 N–H and O–H groups in total. The number of nitrogens with zero attached hydrogens (tertiary/aromatic N) is 1. The summed E-state index contributed by atoms with van der Waals surface area (Å²) in [4.78, 5) is 14.9. The highest BCUT2D eigenvalue weighted by molar-refractivity contribution is 5.88. The number of hydrogen-bond acceptors (Lipinski definition) is 2. The number of rotatable bonds is 4. The summed E-state index contributed by atoms with van der Waals surface area (Å²) in [5.41, 5.74) is 3.32. The number of hydrogen-bond donors (Lipinski definition) is 1. The van der Waals surface area contributed by atoms with Gasteiger partial charge in [-0.2, -0.15) is 0 Å². The highest BCUT2D eigenvalue weighted by atomic mass is 16.4. The third kappa shape index (κ3) is 3.41. The second-order valence-electron chi connectivity index (χ2n) is 5.07. The fourth-order valence-electron chi connectivity index (χ4n) is 2.06. The smallest absolute Gasteiger partial charge is 0.337 e. The number of pyridine rings is 1. The Labute approximate surface area is 112 Å². The third-order valence-corrected chi connectivity index (χ3v) is 2.89. The van der Waals surface area contributed by atoms with Crippen molar-refractivity contribution in [3.8, 4) is 11.1 Å². The molecule has 98 valence electrons. The van der Waals surface area contributed by atoms with Gasteiger partial charge in [-0.25, -0.2) is 4.79 Å². The minimum absolute atomic E-state index is 0.215. The molecule has 0 bridgehead atoms. The highest BCUT2D eigenvalue weighted by Gasteiger charge is 2.06. The standard InChI is InChI=1S/C16H17NO2/c1-11(2)6-12-4-3-5-13(7-12)14-8-15(16(18)19)10-17-9-14/h3-5,7-11H,6H2,1-2H3,(H,18,19). The lowest BCUT2D eigenvalue weighted by Gasteiger charge is -2.08. The Hall–Kier alpha value is -2.16. The average Bonchev–Trinajstić information content (AvgIpc) is 2.38. The first kappa shape index (κ1) is 13.3. The summed E-state index contributed by atoms with van der Waals surface area (Å²) < 4.78 is 0. The van der Waals surface area contributed by atoms with E-state index >= 15 is 0 Å². The molecule has 2 rings (SSSR count). The fourth-order valence-corrected chi connectivity index (χ4v) is 2.06. The van der Waals surface area contributed by atoms with Crippen LogP contribution in [0.2, 0.25) is 0 Å². The number of aromatic nitrogens is 1. The van der Waals surface area contributed by atoms with Crippen molar-refractivity contribution in [2.45, 2.75) is 20.3 Å². The zero-order chi connectivity index (χ0) is 13.8. The number of aromatic carboxylic acids is 1. The van der Waals surface area contributed by atoms with E-state index < -0.39 is 5.97 Å². The van der Waals surface area contributed by atoms with Crippen LogP contribution in [-0.4, -0.2) is 16.1 Å². The van der Waals surface area contributed by atoms with E-state index in [9.17, 15) is 4.79 Å². The van der Waals surface area contributed by atoms with E-state index in [1.807, 2.05) is 12.1 Å². The molecule has 3 heteroatoms. The molecule has 0 saturated carbocycles. The normalized spacial score (nSPS) is 10.7. The van der Waals surface area contributed by atoms with Gasteiger partial charge >= 0.3 is 5.97 Å². The maximum Gasteiger partial charge on any atom is 0.337 e. The van der Waals surface area contributed by atoms with Gasteiger partial charge in [0.15, 0.2) is 0 Å². The second-order valence-corrected chi connectivity index (χ2v) is 5.07. The Bertz CT molecular complexity index is 591. The van der Waals surface area contributed by atoms with E-state index in [4.69, 9.17) is 5.11 Å². The number of carboxylic acid groups (broad SMARTS) is 1. The number of carbonyl (C=O) groups is 1. The molecular weight excluding hydrogens is 238 g/mol. The molecule has 0 amide bonds. The first-order chi connectivity index (χ1) is 9.06. The van der Waals surface area contributed by atoms with E-state index in [2.05, 4.69) is 31.0 Å². The Balaban J connectivity index is 2.36. The zero-order valence-corrected chi connectivity index (χ0v) is 11.1. The van der Waals surface area contributed by atoms with Crippen LogP contribution in [0, 0.1) is 5.92 Å². The van der Waals surface area contributed by atoms with E-state index in [0.717, 1.165) is 17.5 Å². The van der Waals surface area contributed by atoms with Crippen molar-refractivity contribution in [2.24, 2.45) is 5.92 Å². The Morgan fingerprint density at radius 2 is 2.00 bits per heavy atom. The molecule has 0 saturated heterocycles. The van der Waals surface area contributed by atoms with Gasteiger partial charge < -0.3 is 5.11 Å². The van der Waals surface area contributed by atoms with Crippen LogP contribution >= 0.6 is 0 Å². The van der Waals surface area contributed by atoms with Crippen molar-refractivity contribution in [3.63, 3.8) is 0 Å². The quantitative estimate of drug-likeness (QED) is 0.907. The zero-order valence-electron chi connectivity index (χ0n) is 11.1. The topological polar surface area (TPSA) is 50.2 Å². The van der Waals surface area contributed by atoms with Gasteiger partial charge in [-0.3, -0.25) is 4.98 Å². The van der Waals surface area contributed by atoms with E-state index in [1.54, 1.807) is 12.3 Å². The van der Waals surface area contributed by atoms with Gasteiger partial charge in [0.1, 0.15) is 0 Å². The molecular formula is C16H17NO2. The molecule has 0 unspecified atom stereocenters. The predicted molar refractivity (Wildman–Crippen MR) is 75.2 cm³/mol. The molecule has 0 radical (unpaired) electrons. The summed E-state index contributed by atoms with van der Waals surface area (Å²) in [5, 5.41) is 8.99. The maximum atomic E-state index is 11.0. The molecule has 0 aliphatic heterocycles. The maximum absolute atomic E-state index is 11.0. The lowest BCUT2D eigenvalue weighted by molar-refractivity contribution is 0.0696. The molecule has 1 aromatic heterocycles. The number of carboxylic acids is 1. The number of benzene rings is 1. The van der Waals surface area contributed by atoms with Crippen LogP contribution in [0.4, 0.5) is 0 Å². The van der Waals surface area contributed by atoms with Crippen molar-refractivity contribution in [3.05, 3.63) is 53.9 Å². The van der Waals surface area contributed by atoms with Crippen LogP contribution in [0.5, 0.6) is 0 Å². The monoisotopic (exact) mass is 255 g/mol. The molecule has 0 fully saturated rings. The van der Waals surface area contributed by atoms with Crippen LogP contribution in [0.25, 0.3) is 11.1 Å². The van der Waals surface area contributed by atoms with Gasteiger partial charge in [0.2, 0.25) is 0 Å². The second kappa shape index (κ2) is 5.65. The highest BCUT2D eigenvalue weighted by Crippen LogP contribution is 2.22. The Kier molecular flexibility index (Phi) is 3.95. The predicted octanol–water partition coefficient (Wildman–Crippen LogP) is 3.65.